The minimum absolute atomic E-state index is 0.0569. The molecule has 9 rings (SSSR count). The Balaban J connectivity index is 0.679. The first kappa shape index (κ1) is 44.2. The number of unbranched alkanes of at least 4 members (excludes halogenated alkanes) is 3. The zero-order chi connectivity index (χ0) is 45.9. The number of benzene rings is 4. The number of hydrogen-bond donors (Lipinski definition) is 4. The summed E-state index contributed by atoms with van der Waals surface area (Å²) in [5, 5.41) is 17.0. The molecule has 1 unspecified atom stereocenters. The Morgan fingerprint density at radius 3 is 2.35 bits per heavy atom. The lowest BCUT2D eigenvalue weighted by atomic mass is 10.0. The van der Waals surface area contributed by atoms with Gasteiger partial charge in [-0.25, -0.2) is 4.98 Å². The topological polar surface area (TPSA) is 195 Å². The number of nitrogens with one attached hydrogen (secondary N) is 4. The molecular weight excluding hydrogens is 883 g/mol. The van der Waals surface area contributed by atoms with Crippen LogP contribution in [-0.4, -0.2) is 104 Å². The number of piperidine rings is 1. The van der Waals surface area contributed by atoms with Crippen molar-refractivity contribution in [2.45, 2.75) is 57.5 Å². The number of H-pyrrole nitrogens is 1. The van der Waals surface area contributed by atoms with Crippen molar-refractivity contribution in [3.63, 3.8) is 0 Å². The first-order valence-electron chi connectivity index (χ1n) is 22.0. The number of hydrogen-bond acceptors (Lipinski definition) is 10. The van der Waals surface area contributed by atoms with Crippen molar-refractivity contribution in [2.24, 2.45) is 0 Å². The van der Waals surface area contributed by atoms with Gasteiger partial charge < -0.3 is 25.0 Å². The van der Waals surface area contributed by atoms with E-state index in [2.05, 4.69) is 31.1 Å². The third kappa shape index (κ3) is 9.24. The van der Waals surface area contributed by atoms with Crippen LogP contribution in [0.2, 0.25) is 10.0 Å². The molecule has 2 fully saturated rings. The van der Waals surface area contributed by atoms with Crippen LogP contribution >= 0.6 is 23.2 Å². The number of carbonyl (C=O) groups is 6. The van der Waals surface area contributed by atoms with Crippen LogP contribution < -0.4 is 20.9 Å². The first-order chi connectivity index (χ1) is 32.0. The predicted octanol–water partition coefficient (Wildman–Crippen LogP) is 7.15. The van der Waals surface area contributed by atoms with Gasteiger partial charge in [-0.05, 0) is 79.9 Å². The Morgan fingerprint density at radius 2 is 1.58 bits per heavy atom. The van der Waals surface area contributed by atoms with E-state index in [0.717, 1.165) is 70.7 Å². The lowest BCUT2D eigenvalue weighted by molar-refractivity contribution is -0.136. The fourth-order valence-electron chi connectivity index (χ4n) is 8.77. The van der Waals surface area contributed by atoms with Crippen molar-refractivity contribution >= 4 is 86.9 Å². The number of imide groups is 2. The summed E-state index contributed by atoms with van der Waals surface area (Å²) in [6, 6.07) is 24.4. The van der Waals surface area contributed by atoms with Gasteiger partial charge in [-0.2, -0.15) is 5.10 Å². The van der Waals surface area contributed by atoms with Gasteiger partial charge in [0.1, 0.15) is 6.04 Å². The molecule has 3 aliphatic heterocycles. The first-order valence-corrected chi connectivity index (χ1v) is 22.7. The summed E-state index contributed by atoms with van der Waals surface area (Å²) in [6.07, 6.45) is 5.93. The smallest absolute Gasteiger partial charge is 0.264 e. The zero-order valence-corrected chi connectivity index (χ0v) is 37.3. The zero-order valence-electron chi connectivity index (χ0n) is 35.8. The Bertz CT molecular complexity index is 2850. The van der Waals surface area contributed by atoms with E-state index in [1.54, 1.807) is 42.7 Å². The van der Waals surface area contributed by atoms with E-state index in [1.165, 1.54) is 0 Å². The number of aromatic nitrogens is 4. The SMILES string of the molecule is O=C1CCC(N2C(=O)c3cccc(N4CCN(C(=O)CCCCCCNc5ccc(C(=O)Nc6cc(-c7ccc8ncn(Cc9c(Cl)cccc9Cl)c8c7)[nH]n6)cc5)CC4)c3C2=O)C(=O)N1. The van der Waals surface area contributed by atoms with Gasteiger partial charge in [-0.15, -0.1) is 0 Å². The Kier molecular flexibility index (Phi) is 12.9. The fraction of sp³-hybridized carbons (Fsp3) is 0.292. The Morgan fingerprint density at radius 1 is 0.818 bits per heavy atom. The highest BCUT2D eigenvalue weighted by molar-refractivity contribution is 6.36. The summed E-state index contributed by atoms with van der Waals surface area (Å²) >= 11 is 12.9. The molecule has 5 heterocycles. The molecule has 0 radical (unpaired) electrons. The molecule has 3 aliphatic rings. The predicted molar refractivity (Wildman–Crippen MR) is 251 cm³/mol. The van der Waals surface area contributed by atoms with Crippen molar-refractivity contribution in [1.29, 1.82) is 0 Å². The maximum Gasteiger partial charge on any atom is 0.264 e. The molecule has 6 amide bonds. The number of imidazole rings is 1. The van der Waals surface area contributed by atoms with Crippen molar-refractivity contribution in [3.05, 3.63) is 124 Å². The van der Waals surface area contributed by atoms with Gasteiger partial charge in [-0.3, -0.25) is 44.1 Å². The molecule has 4 N–H and O–H groups in total. The highest BCUT2D eigenvalue weighted by Crippen LogP contribution is 2.35. The molecule has 0 spiro atoms. The van der Waals surface area contributed by atoms with Crippen LogP contribution in [0.1, 0.15) is 81.6 Å². The van der Waals surface area contributed by atoms with Crippen LogP contribution in [0.15, 0.2) is 91.3 Å². The quantitative estimate of drug-likeness (QED) is 0.0607. The second-order valence-electron chi connectivity index (χ2n) is 16.6. The van der Waals surface area contributed by atoms with Crippen LogP contribution in [-0.2, 0) is 20.9 Å². The number of rotatable bonds is 15. The van der Waals surface area contributed by atoms with Crippen LogP contribution in [0.3, 0.4) is 0 Å². The number of fused-ring (bicyclic) bond motifs is 2. The monoisotopic (exact) mass is 928 g/mol. The molecule has 1 atom stereocenters. The molecule has 66 heavy (non-hydrogen) atoms. The molecule has 4 aromatic carbocycles. The van der Waals surface area contributed by atoms with Gasteiger partial charge in [0.2, 0.25) is 17.7 Å². The standard InChI is InChI=1S/C48H46Cl2N10O6/c49-34-8-6-9-35(50)33(34)27-59-28-52-36-17-14-30(25-40(36)59)37-26-41(56-55-37)53-45(63)29-12-15-31(16-13-29)51-20-4-2-1-3-11-43(62)58-23-21-57(22-24-58)38-10-5-7-32-44(38)48(66)60(47(32)65)39-18-19-42(61)54-46(39)64/h5-10,12-17,25-26,28,39,51H,1-4,11,18-24,27H2,(H,54,61,64)(H2,53,55,56,63). The van der Waals surface area contributed by atoms with Gasteiger partial charge >= 0.3 is 0 Å². The highest BCUT2D eigenvalue weighted by Gasteiger charge is 2.46. The lowest BCUT2D eigenvalue weighted by Crippen LogP contribution is -2.54. The van der Waals surface area contributed by atoms with E-state index in [-0.39, 0.29) is 35.8 Å². The van der Waals surface area contributed by atoms with Crippen LogP contribution in [0.25, 0.3) is 22.3 Å². The van der Waals surface area contributed by atoms with Crippen molar-refractivity contribution in [2.75, 3.05) is 48.3 Å². The van der Waals surface area contributed by atoms with E-state index in [4.69, 9.17) is 23.2 Å². The number of piperazine rings is 1. The Labute approximate surface area is 389 Å². The van der Waals surface area contributed by atoms with Crippen LogP contribution in [0, 0.1) is 0 Å². The summed E-state index contributed by atoms with van der Waals surface area (Å²) < 4.78 is 1.99. The molecule has 18 heteroatoms. The lowest BCUT2D eigenvalue weighted by Gasteiger charge is -2.37. The summed E-state index contributed by atoms with van der Waals surface area (Å²) in [5.41, 5.74) is 6.64. The largest absolute Gasteiger partial charge is 0.385 e. The third-order valence-corrected chi connectivity index (χ3v) is 13.1. The maximum absolute atomic E-state index is 13.6. The van der Waals surface area contributed by atoms with E-state index in [0.29, 0.717) is 66.3 Å². The minimum atomic E-state index is -1.03. The molecule has 338 valence electrons. The van der Waals surface area contributed by atoms with E-state index in [1.807, 2.05) is 62.9 Å². The van der Waals surface area contributed by atoms with E-state index < -0.39 is 29.7 Å². The normalized spacial score (nSPS) is 16.2. The average Bonchev–Trinajstić information content (AvgIpc) is 4.03. The highest BCUT2D eigenvalue weighted by atomic mass is 35.5. The van der Waals surface area contributed by atoms with Crippen LogP contribution in [0.5, 0.6) is 0 Å². The molecule has 0 aliphatic carbocycles. The number of aromatic amines is 1. The molecule has 2 aromatic heterocycles. The number of anilines is 3. The average molecular weight is 930 g/mol. The molecule has 2 saturated heterocycles. The number of carbonyl (C=O) groups excluding carboxylic acids is 6. The molecule has 0 bridgehead atoms. The fourth-order valence-corrected chi connectivity index (χ4v) is 9.29. The van der Waals surface area contributed by atoms with Crippen molar-refractivity contribution < 1.29 is 28.8 Å². The van der Waals surface area contributed by atoms with E-state index >= 15 is 0 Å². The second-order valence-corrected chi connectivity index (χ2v) is 17.4. The van der Waals surface area contributed by atoms with Gasteiger partial charge in [0, 0.05) is 84.1 Å². The van der Waals surface area contributed by atoms with Gasteiger partial charge in [0.15, 0.2) is 5.82 Å². The molecule has 0 saturated carbocycles. The number of nitrogens with zero attached hydrogens (tertiary/aromatic N) is 6. The summed E-state index contributed by atoms with van der Waals surface area (Å²) in [7, 11) is 0. The third-order valence-electron chi connectivity index (χ3n) is 12.4. The number of halogens is 2. The maximum atomic E-state index is 13.6. The van der Waals surface area contributed by atoms with Crippen molar-refractivity contribution in [1.82, 2.24) is 34.9 Å². The van der Waals surface area contributed by atoms with E-state index in [9.17, 15) is 28.8 Å². The Hall–Kier alpha value is -7.04. The minimum Gasteiger partial charge on any atom is -0.385 e. The van der Waals surface area contributed by atoms with Gasteiger partial charge in [0.05, 0.1) is 46.4 Å². The van der Waals surface area contributed by atoms with Gasteiger partial charge in [-0.1, -0.05) is 54.2 Å². The summed E-state index contributed by atoms with van der Waals surface area (Å²) in [6.45, 7) is 3.19. The molecule has 6 aromatic rings. The second kappa shape index (κ2) is 19.2. The number of amides is 6. The van der Waals surface area contributed by atoms with Crippen LogP contribution in [0.4, 0.5) is 17.2 Å². The summed E-state index contributed by atoms with van der Waals surface area (Å²) in [4.78, 5) is 86.6. The molecular formula is C48H46Cl2N10O6. The van der Waals surface area contributed by atoms with Crippen molar-refractivity contribution in [3.8, 4) is 11.3 Å². The van der Waals surface area contributed by atoms with Gasteiger partial charge in [0.25, 0.3) is 17.7 Å². The molecule has 16 nitrogen and oxygen atoms in total. The summed E-state index contributed by atoms with van der Waals surface area (Å²) in [5.74, 6) is -1.93.